The van der Waals surface area contributed by atoms with Crippen LogP contribution in [0.15, 0.2) is 29.4 Å². The lowest BCUT2D eigenvalue weighted by molar-refractivity contribution is -0.146. The summed E-state index contributed by atoms with van der Waals surface area (Å²) in [7, 11) is 0. The van der Waals surface area contributed by atoms with Crippen molar-refractivity contribution in [2.75, 3.05) is 13.1 Å². The summed E-state index contributed by atoms with van der Waals surface area (Å²) in [5.74, 6) is -2.38. The van der Waals surface area contributed by atoms with Gasteiger partial charge in [-0.1, -0.05) is 23.3 Å². The normalized spacial score (nSPS) is 14.6. The van der Waals surface area contributed by atoms with E-state index in [-0.39, 0.29) is 24.3 Å². The van der Waals surface area contributed by atoms with Gasteiger partial charge in [-0.15, -0.1) is 0 Å². The number of amides is 3. The highest BCUT2D eigenvalue weighted by Gasteiger charge is 2.32. The quantitative estimate of drug-likeness (QED) is 0.277. The van der Waals surface area contributed by atoms with Gasteiger partial charge in [0, 0.05) is 23.6 Å². The number of benzene rings is 1. The Morgan fingerprint density at radius 3 is 2.84 bits per heavy atom. The van der Waals surface area contributed by atoms with Crippen molar-refractivity contribution in [3.63, 3.8) is 0 Å². The average molecular weight is 259 g/mol. The zero-order chi connectivity index (χ0) is 13.8. The predicted molar refractivity (Wildman–Crippen MR) is 64.3 cm³/mol. The van der Waals surface area contributed by atoms with E-state index in [1.165, 1.54) is 12.1 Å². The second-order valence-corrected chi connectivity index (χ2v) is 3.72. The highest BCUT2D eigenvalue weighted by atomic mass is 16.2. The lowest BCUT2D eigenvalue weighted by atomic mass is 10.1. The zero-order valence-corrected chi connectivity index (χ0v) is 9.74. The molecular weight excluding hydrogens is 250 g/mol. The first kappa shape index (κ1) is 12.6. The van der Waals surface area contributed by atoms with Crippen LogP contribution in [0.1, 0.15) is 10.4 Å². The molecule has 3 amide bonds. The fourth-order valence-corrected chi connectivity index (χ4v) is 1.71. The third-order valence-corrected chi connectivity index (χ3v) is 2.59. The fourth-order valence-electron chi connectivity index (χ4n) is 1.71. The maximum absolute atomic E-state index is 12.2. The van der Waals surface area contributed by atoms with E-state index in [4.69, 9.17) is 5.53 Å². The number of hydrogen-bond donors (Lipinski definition) is 1. The maximum Gasteiger partial charge on any atom is 0.318 e. The van der Waals surface area contributed by atoms with Crippen molar-refractivity contribution >= 4 is 23.4 Å². The van der Waals surface area contributed by atoms with Crippen molar-refractivity contribution in [3.8, 4) is 0 Å². The van der Waals surface area contributed by atoms with Gasteiger partial charge in [0.1, 0.15) is 0 Å². The molecule has 2 rings (SSSR count). The van der Waals surface area contributed by atoms with E-state index in [0.29, 0.717) is 0 Å². The van der Waals surface area contributed by atoms with Crippen LogP contribution in [0.4, 0.5) is 5.69 Å². The highest BCUT2D eigenvalue weighted by Crippen LogP contribution is 2.21. The van der Waals surface area contributed by atoms with Gasteiger partial charge in [0.25, 0.3) is 5.91 Å². The van der Waals surface area contributed by atoms with E-state index in [1.54, 1.807) is 12.1 Å². The summed E-state index contributed by atoms with van der Waals surface area (Å²) in [5, 5.41) is 5.73. The molecule has 0 unspecified atom stereocenters. The van der Waals surface area contributed by atoms with E-state index in [2.05, 4.69) is 15.3 Å². The van der Waals surface area contributed by atoms with Gasteiger partial charge in [-0.3, -0.25) is 19.3 Å². The van der Waals surface area contributed by atoms with Crippen LogP contribution < -0.4 is 5.32 Å². The molecule has 1 N–H and O–H groups in total. The Hall–Kier alpha value is -2.86. The molecule has 8 heteroatoms. The van der Waals surface area contributed by atoms with Crippen molar-refractivity contribution in [1.29, 1.82) is 0 Å². The van der Waals surface area contributed by atoms with Gasteiger partial charge in [-0.05, 0) is 11.6 Å². The third-order valence-electron chi connectivity index (χ3n) is 2.59. The van der Waals surface area contributed by atoms with E-state index in [9.17, 15) is 14.4 Å². The Morgan fingerprint density at radius 2 is 2.11 bits per heavy atom. The predicted octanol–water partition coefficient (Wildman–Crippen LogP) is 0.727. The van der Waals surface area contributed by atoms with Crippen LogP contribution in [0.25, 0.3) is 10.4 Å². The Kier molecular flexibility index (Phi) is 3.44. The second-order valence-electron chi connectivity index (χ2n) is 3.72. The standard InChI is InChI=1S/C11H9N5O3/c12-15-14-8-4-2-1-3-7(8)10(18)16-6-5-13-9(17)11(16)19/h1-4H,5-6H2,(H,13,17). The first-order valence-corrected chi connectivity index (χ1v) is 5.43. The summed E-state index contributed by atoms with van der Waals surface area (Å²) in [4.78, 5) is 38.5. The number of imide groups is 1. The van der Waals surface area contributed by atoms with Crippen molar-refractivity contribution < 1.29 is 14.4 Å². The van der Waals surface area contributed by atoms with Crippen LogP contribution in [0, 0.1) is 0 Å². The van der Waals surface area contributed by atoms with Gasteiger partial charge in [0.15, 0.2) is 0 Å². The number of carbonyl (C=O) groups is 3. The van der Waals surface area contributed by atoms with Gasteiger partial charge in [-0.2, -0.15) is 0 Å². The number of rotatable bonds is 2. The van der Waals surface area contributed by atoms with E-state index in [1.807, 2.05) is 0 Å². The summed E-state index contributed by atoms with van der Waals surface area (Å²) < 4.78 is 0. The van der Waals surface area contributed by atoms with Crippen LogP contribution >= 0.6 is 0 Å². The Bertz CT molecular complexity index is 606. The van der Waals surface area contributed by atoms with Gasteiger partial charge in [0.05, 0.1) is 5.69 Å². The summed E-state index contributed by atoms with van der Waals surface area (Å²) >= 11 is 0. The molecule has 1 aliphatic heterocycles. The SMILES string of the molecule is [N-]=[N+]=Nc1ccccc1C(=O)N1CCNC(=O)C1=O. The number of nitrogens with one attached hydrogen (secondary N) is 1. The maximum atomic E-state index is 12.2. The number of carbonyl (C=O) groups excluding carboxylic acids is 3. The fraction of sp³-hybridized carbons (Fsp3) is 0.182. The number of piperazine rings is 1. The van der Waals surface area contributed by atoms with E-state index < -0.39 is 17.7 Å². The molecule has 96 valence electrons. The zero-order valence-electron chi connectivity index (χ0n) is 9.74. The van der Waals surface area contributed by atoms with Crippen LogP contribution in [0.5, 0.6) is 0 Å². The van der Waals surface area contributed by atoms with Crippen LogP contribution in [-0.2, 0) is 9.59 Å². The molecule has 0 atom stereocenters. The molecule has 1 saturated heterocycles. The molecule has 1 aliphatic rings. The largest absolute Gasteiger partial charge is 0.346 e. The molecule has 1 fully saturated rings. The molecule has 1 aromatic carbocycles. The number of hydrogen-bond acceptors (Lipinski definition) is 4. The molecular formula is C11H9N5O3. The summed E-state index contributed by atoms with van der Waals surface area (Å²) in [5.41, 5.74) is 8.64. The second kappa shape index (κ2) is 5.19. The monoisotopic (exact) mass is 259 g/mol. The smallest absolute Gasteiger partial charge is 0.318 e. The highest BCUT2D eigenvalue weighted by molar-refractivity contribution is 6.39. The lowest BCUT2D eigenvalue weighted by Gasteiger charge is -2.25. The summed E-state index contributed by atoms with van der Waals surface area (Å²) in [6, 6.07) is 6.08. The molecule has 0 spiro atoms. The van der Waals surface area contributed by atoms with Crippen LogP contribution in [0.2, 0.25) is 0 Å². The number of nitrogens with zero attached hydrogens (tertiary/aromatic N) is 4. The third kappa shape index (κ3) is 2.38. The Labute approximate surface area is 107 Å². The van der Waals surface area contributed by atoms with Crippen LogP contribution in [0.3, 0.4) is 0 Å². The van der Waals surface area contributed by atoms with Gasteiger partial charge in [0.2, 0.25) is 0 Å². The van der Waals surface area contributed by atoms with Crippen molar-refractivity contribution in [2.45, 2.75) is 0 Å². The average Bonchev–Trinajstić information content (AvgIpc) is 2.42. The Balaban J connectivity index is 2.36. The molecule has 8 nitrogen and oxygen atoms in total. The van der Waals surface area contributed by atoms with Gasteiger partial charge >= 0.3 is 11.8 Å². The van der Waals surface area contributed by atoms with E-state index in [0.717, 1.165) is 4.90 Å². The van der Waals surface area contributed by atoms with Crippen molar-refractivity contribution in [1.82, 2.24) is 10.2 Å². The minimum atomic E-state index is -0.910. The van der Waals surface area contributed by atoms with Crippen LogP contribution in [-0.4, -0.2) is 35.7 Å². The van der Waals surface area contributed by atoms with E-state index >= 15 is 0 Å². The molecule has 19 heavy (non-hydrogen) atoms. The number of azide groups is 1. The van der Waals surface area contributed by atoms with Gasteiger partial charge < -0.3 is 5.32 Å². The minimum absolute atomic E-state index is 0.0864. The molecule has 0 aliphatic carbocycles. The van der Waals surface area contributed by atoms with Gasteiger partial charge in [-0.25, -0.2) is 0 Å². The first-order valence-electron chi connectivity index (χ1n) is 5.43. The molecule has 0 bridgehead atoms. The minimum Gasteiger partial charge on any atom is -0.346 e. The summed E-state index contributed by atoms with van der Waals surface area (Å²) in [6.45, 7) is 0.300. The molecule has 1 aromatic rings. The molecule has 0 saturated carbocycles. The van der Waals surface area contributed by atoms with Crippen molar-refractivity contribution in [2.24, 2.45) is 5.11 Å². The lowest BCUT2D eigenvalue weighted by Crippen LogP contribution is -2.54. The molecule has 0 aromatic heterocycles. The first-order chi connectivity index (χ1) is 9.15. The molecule has 1 heterocycles. The Morgan fingerprint density at radius 1 is 1.37 bits per heavy atom. The van der Waals surface area contributed by atoms with Crippen molar-refractivity contribution in [3.05, 3.63) is 40.3 Å². The molecule has 0 radical (unpaired) electrons. The topological polar surface area (TPSA) is 115 Å². The summed E-state index contributed by atoms with van der Waals surface area (Å²) in [6.07, 6.45) is 0.